The minimum Gasteiger partial charge on any atom is -0.376 e. The smallest absolute Gasteiger partial charge is 0.0731 e. The quantitative estimate of drug-likeness (QED) is 0.883. The summed E-state index contributed by atoms with van der Waals surface area (Å²) in [6, 6.07) is 8.32. The van der Waals surface area contributed by atoms with Crippen LogP contribution in [0.15, 0.2) is 36.7 Å². The van der Waals surface area contributed by atoms with Crippen LogP contribution in [0.25, 0.3) is 0 Å². The van der Waals surface area contributed by atoms with Gasteiger partial charge in [0.25, 0.3) is 0 Å². The van der Waals surface area contributed by atoms with Crippen LogP contribution in [0.2, 0.25) is 5.02 Å². The van der Waals surface area contributed by atoms with Gasteiger partial charge in [0.2, 0.25) is 0 Å². The van der Waals surface area contributed by atoms with Gasteiger partial charge in [-0.25, -0.2) is 0 Å². The van der Waals surface area contributed by atoms with Gasteiger partial charge in [-0.2, -0.15) is 5.10 Å². The Labute approximate surface area is 113 Å². The average molecular weight is 264 g/mol. The molecule has 1 aromatic heterocycles. The van der Waals surface area contributed by atoms with Gasteiger partial charge in [-0.15, -0.1) is 0 Å². The predicted molar refractivity (Wildman–Crippen MR) is 75.9 cm³/mol. The monoisotopic (exact) mass is 263 g/mol. The lowest BCUT2D eigenvalue weighted by Crippen LogP contribution is -2.10. The molecule has 96 valence electrons. The third-order valence-corrected chi connectivity index (χ3v) is 3.15. The molecule has 1 N–H and O–H groups in total. The lowest BCUT2D eigenvalue weighted by Gasteiger charge is -2.18. The van der Waals surface area contributed by atoms with E-state index < -0.39 is 0 Å². The number of benzene rings is 1. The fourth-order valence-corrected chi connectivity index (χ4v) is 2.13. The van der Waals surface area contributed by atoms with Crippen molar-refractivity contribution in [1.29, 1.82) is 0 Å². The Morgan fingerprint density at radius 1 is 1.33 bits per heavy atom. The number of hydrogen-bond donors (Lipinski definition) is 1. The predicted octanol–water partition coefficient (Wildman–Crippen LogP) is 4.03. The van der Waals surface area contributed by atoms with Gasteiger partial charge in [0.05, 0.1) is 17.9 Å². The summed E-state index contributed by atoms with van der Waals surface area (Å²) in [5.41, 5.74) is 2.30. The first-order valence-corrected chi connectivity index (χ1v) is 6.57. The number of halogens is 1. The molecule has 1 unspecified atom stereocenters. The number of nitrogens with zero attached hydrogens (tertiary/aromatic N) is 2. The van der Waals surface area contributed by atoms with E-state index in [2.05, 4.69) is 29.5 Å². The molecular weight excluding hydrogens is 246 g/mol. The van der Waals surface area contributed by atoms with Gasteiger partial charge in [0.1, 0.15) is 0 Å². The standard InChI is InChI=1S/C14H18ClN3/c1-3-4-14(11-5-7-12(15)8-6-11)17-13-9-16-18(2)10-13/h5-10,14,17H,3-4H2,1-2H3. The Kier molecular flexibility index (Phi) is 4.26. The third-order valence-electron chi connectivity index (χ3n) is 2.90. The summed E-state index contributed by atoms with van der Waals surface area (Å²) in [6.45, 7) is 2.19. The van der Waals surface area contributed by atoms with Crippen LogP contribution in [-0.2, 0) is 7.05 Å². The highest BCUT2D eigenvalue weighted by Crippen LogP contribution is 2.24. The Morgan fingerprint density at radius 3 is 2.61 bits per heavy atom. The summed E-state index contributed by atoms with van der Waals surface area (Å²) in [7, 11) is 1.92. The van der Waals surface area contributed by atoms with Crippen LogP contribution in [0.5, 0.6) is 0 Å². The van der Waals surface area contributed by atoms with Crippen LogP contribution in [0.1, 0.15) is 31.4 Å². The lowest BCUT2D eigenvalue weighted by molar-refractivity contribution is 0.677. The van der Waals surface area contributed by atoms with E-state index in [1.165, 1.54) is 5.56 Å². The van der Waals surface area contributed by atoms with Crippen LogP contribution in [0.3, 0.4) is 0 Å². The van der Waals surface area contributed by atoms with Gasteiger partial charge in [0.15, 0.2) is 0 Å². The maximum Gasteiger partial charge on any atom is 0.0731 e. The van der Waals surface area contributed by atoms with Crippen molar-refractivity contribution in [2.45, 2.75) is 25.8 Å². The largest absolute Gasteiger partial charge is 0.376 e. The maximum absolute atomic E-state index is 5.92. The highest BCUT2D eigenvalue weighted by molar-refractivity contribution is 6.30. The van der Waals surface area contributed by atoms with Crippen molar-refractivity contribution < 1.29 is 0 Å². The van der Waals surface area contributed by atoms with E-state index in [1.807, 2.05) is 31.6 Å². The van der Waals surface area contributed by atoms with Gasteiger partial charge in [0, 0.05) is 18.3 Å². The molecule has 1 aromatic carbocycles. The van der Waals surface area contributed by atoms with Crippen molar-refractivity contribution in [3.63, 3.8) is 0 Å². The van der Waals surface area contributed by atoms with Crippen LogP contribution in [-0.4, -0.2) is 9.78 Å². The second-order valence-corrected chi connectivity index (χ2v) is 4.88. The fourth-order valence-electron chi connectivity index (χ4n) is 2.00. The minimum absolute atomic E-state index is 0.302. The van der Waals surface area contributed by atoms with E-state index in [0.29, 0.717) is 6.04 Å². The summed E-state index contributed by atoms with van der Waals surface area (Å²) in [6.07, 6.45) is 6.04. The number of nitrogens with one attached hydrogen (secondary N) is 1. The molecule has 0 saturated heterocycles. The van der Waals surface area contributed by atoms with E-state index in [1.54, 1.807) is 4.68 Å². The minimum atomic E-state index is 0.302. The highest BCUT2D eigenvalue weighted by atomic mass is 35.5. The zero-order valence-corrected chi connectivity index (χ0v) is 11.5. The molecule has 0 fully saturated rings. The molecule has 2 aromatic rings. The normalized spacial score (nSPS) is 12.4. The Hall–Kier alpha value is -1.48. The lowest BCUT2D eigenvalue weighted by atomic mass is 10.0. The first-order chi connectivity index (χ1) is 8.69. The van der Waals surface area contributed by atoms with Gasteiger partial charge < -0.3 is 5.32 Å². The zero-order chi connectivity index (χ0) is 13.0. The molecule has 0 amide bonds. The summed E-state index contributed by atoms with van der Waals surface area (Å²) in [5.74, 6) is 0. The van der Waals surface area contributed by atoms with E-state index in [0.717, 1.165) is 23.6 Å². The Bertz CT molecular complexity index is 490. The molecule has 0 radical (unpaired) electrons. The summed E-state index contributed by atoms with van der Waals surface area (Å²) < 4.78 is 1.80. The van der Waals surface area contributed by atoms with Crippen LogP contribution in [0.4, 0.5) is 5.69 Å². The molecule has 0 aliphatic heterocycles. The molecule has 4 heteroatoms. The molecule has 0 spiro atoms. The molecule has 0 bridgehead atoms. The number of aromatic nitrogens is 2. The van der Waals surface area contributed by atoms with Gasteiger partial charge in [-0.1, -0.05) is 37.1 Å². The molecule has 0 aliphatic carbocycles. The summed E-state index contributed by atoms with van der Waals surface area (Å²) in [4.78, 5) is 0. The molecular formula is C14H18ClN3. The van der Waals surface area contributed by atoms with Crippen molar-refractivity contribution in [2.24, 2.45) is 7.05 Å². The number of hydrogen-bond acceptors (Lipinski definition) is 2. The van der Waals surface area contributed by atoms with Gasteiger partial charge in [-0.05, 0) is 24.1 Å². The van der Waals surface area contributed by atoms with E-state index >= 15 is 0 Å². The fraction of sp³-hybridized carbons (Fsp3) is 0.357. The molecule has 0 aliphatic rings. The van der Waals surface area contributed by atoms with Gasteiger partial charge in [-0.3, -0.25) is 4.68 Å². The van der Waals surface area contributed by atoms with E-state index in [9.17, 15) is 0 Å². The first kappa shape index (κ1) is 13.0. The zero-order valence-electron chi connectivity index (χ0n) is 10.7. The topological polar surface area (TPSA) is 29.9 Å². The van der Waals surface area contributed by atoms with Crippen molar-refractivity contribution >= 4 is 17.3 Å². The van der Waals surface area contributed by atoms with Crippen molar-refractivity contribution in [3.8, 4) is 0 Å². The van der Waals surface area contributed by atoms with Crippen LogP contribution >= 0.6 is 11.6 Å². The van der Waals surface area contributed by atoms with Crippen molar-refractivity contribution in [1.82, 2.24) is 9.78 Å². The second-order valence-electron chi connectivity index (χ2n) is 4.44. The SMILES string of the molecule is CCCC(Nc1cnn(C)c1)c1ccc(Cl)cc1. The first-order valence-electron chi connectivity index (χ1n) is 6.19. The van der Waals surface area contributed by atoms with E-state index in [-0.39, 0.29) is 0 Å². The average Bonchev–Trinajstić information content (AvgIpc) is 2.75. The highest BCUT2D eigenvalue weighted by Gasteiger charge is 2.11. The number of rotatable bonds is 5. The third kappa shape index (κ3) is 3.26. The molecule has 1 heterocycles. The van der Waals surface area contributed by atoms with Crippen LogP contribution in [0, 0.1) is 0 Å². The Morgan fingerprint density at radius 2 is 2.06 bits per heavy atom. The van der Waals surface area contributed by atoms with Crippen LogP contribution < -0.4 is 5.32 Å². The van der Waals surface area contributed by atoms with E-state index in [4.69, 9.17) is 11.6 Å². The number of aryl methyl sites for hydroxylation is 1. The molecule has 18 heavy (non-hydrogen) atoms. The summed E-state index contributed by atoms with van der Waals surface area (Å²) >= 11 is 5.92. The Balaban J connectivity index is 2.14. The summed E-state index contributed by atoms with van der Waals surface area (Å²) in [5, 5.41) is 8.45. The molecule has 0 saturated carbocycles. The number of anilines is 1. The molecule has 2 rings (SSSR count). The van der Waals surface area contributed by atoms with Crippen molar-refractivity contribution in [3.05, 3.63) is 47.2 Å². The molecule has 3 nitrogen and oxygen atoms in total. The van der Waals surface area contributed by atoms with Crippen molar-refractivity contribution in [2.75, 3.05) is 5.32 Å². The second kappa shape index (κ2) is 5.91. The van der Waals surface area contributed by atoms with Gasteiger partial charge >= 0.3 is 0 Å². The maximum atomic E-state index is 5.92. The molecule has 1 atom stereocenters.